The van der Waals surface area contributed by atoms with Gasteiger partial charge in [-0.2, -0.15) is 4.98 Å². The van der Waals surface area contributed by atoms with Crippen LogP contribution in [0.5, 0.6) is 0 Å². The monoisotopic (exact) mass is 375 g/mol. The van der Waals surface area contributed by atoms with Gasteiger partial charge in [-0.15, -0.1) is 11.3 Å². The minimum atomic E-state index is -0.00348. The number of aromatic nitrogens is 3. The summed E-state index contributed by atoms with van der Waals surface area (Å²) in [6.07, 6.45) is 7.58. The zero-order valence-corrected chi connectivity index (χ0v) is 16.0. The summed E-state index contributed by atoms with van der Waals surface area (Å²) < 4.78 is 5.08. The van der Waals surface area contributed by atoms with Crippen molar-refractivity contribution >= 4 is 17.4 Å². The lowest BCUT2D eigenvalue weighted by molar-refractivity contribution is 0.178. The highest BCUT2D eigenvalue weighted by molar-refractivity contribution is 7.11. The molecular formula is C18H25N5O2S. The van der Waals surface area contributed by atoms with Crippen molar-refractivity contribution in [3.8, 4) is 0 Å². The van der Waals surface area contributed by atoms with E-state index < -0.39 is 0 Å². The molecule has 2 aliphatic rings. The number of piperidine rings is 1. The molecule has 0 aromatic carbocycles. The predicted octanol–water partition coefficient (Wildman–Crippen LogP) is 2.85. The van der Waals surface area contributed by atoms with E-state index in [1.54, 1.807) is 6.92 Å². The van der Waals surface area contributed by atoms with Crippen molar-refractivity contribution in [3.63, 3.8) is 0 Å². The second kappa shape index (κ2) is 7.73. The molecule has 1 N–H and O–H groups in total. The SMILES string of the molecule is Cc1nc([C@H]2CCCN(C(=O)NCCc3nc4c(s3)CCCC4)C2)no1. The highest BCUT2D eigenvalue weighted by Gasteiger charge is 2.27. The molecule has 26 heavy (non-hydrogen) atoms. The zero-order chi connectivity index (χ0) is 17.9. The summed E-state index contributed by atoms with van der Waals surface area (Å²) in [5, 5.41) is 8.21. The van der Waals surface area contributed by atoms with E-state index in [1.807, 2.05) is 16.2 Å². The number of rotatable bonds is 4. The van der Waals surface area contributed by atoms with Crippen LogP contribution in [0.1, 0.15) is 58.9 Å². The van der Waals surface area contributed by atoms with E-state index in [2.05, 4.69) is 15.5 Å². The van der Waals surface area contributed by atoms with Gasteiger partial charge in [0.15, 0.2) is 5.82 Å². The fourth-order valence-corrected chi connectivity index (χ4v) is 4.91. The molecule has 1 atom stereocenters. The molecular weight excluding hydrogens is 350 g/mol. The lowest BCUT2D eigenvalue weighted by Gasteiger charge is -2.31. The van der Waals surface area contributed by atoms with Crippen LogP contribution < -0.4 is 5.32 Å². The Kier molecular flexibility index (Phi) is 5.19. The van der Waals surface area contributed by atoms with E-state index in [-0.39, 0.29) is 11.9 Å². The highest BCUT2D eigenvalue weighted by Crippen LogP contribution is 2.27. The molecule has 3 heterocycles. The van der Waals surface area contributed by atoms with E-state index in [9.17, 15) is 4.79 Å². The Morgan fingerprint density at radius 2 is 2.19 bits per heavy atom. The van der Waals surface area contributed by atoms with Crippen LogP contribution in [0.3, 0.4) is 0 Å². The number of nitrogens with one attached hydrogen (secondary N) is 1. The van der Waals surface area contributed by atoms with Gasteiger partial charge in [-0.05, 0) is 38.5 Å². The van der Waals surface area contributed by atoms with Crippen LogP contribution >= 0.6 is 11.3 Å². The number of urea groups is 1. The van der Waals surface area contributed by atoms with Crippen LogP contribution in [-0.4, -0.2) is 45.7 Å². The number of hydrogen-bond donors (Lipinski definition) is 1. The van der Waals surface area contributed by atoms with E-state index in [0.29, 0.717) is 24.8 Å². The number of aryl methyl sites for hydroxylation is 3. The molecule has 0 saturated carbocycles. The van der Waals surface area contributed by atoms with E-state index in [4.69, 9.17) is 9.51 Å². The third kappa shape index (κ3) is 3.90. The summed E-state index contributed by atoms with van der Waals surface area (Å²) in [5.74, 6) is 1.46. The Morgan fingerprint density at radius 3 is 3.00 bits per heavy atom. The molecule has 140 valence electrons. The molecule has 0 bridgehead atoms. The number of carbonyl (C=O) groups is 1. The van der Waals surface area contributed by atoms with Crippen molar-refractivity contribution in [1.82, 2.24) is 25.3 Å². The van der Waals surface area contributed by atoms with Gasteiger partial charge in [-0.25, -0.2) is 9.78 Å². The molecule has 2 amide bonds. The molecule has 8 heteroatoms. The molecule has 1 aliphatic carbocycles. The maximum atomic E-state index is 12.5. The van der Waals surface area contributed by atoms with E-state index >= 15 is 0 Å². The van der Waals surface area contributed by atoms with Gasteiger partial charge in [0, 0.05) is 43.8 Å². The molecule has 0 spiro atoms. The molecule has 0 unspecified atom stereocenters. The third-order valence-electron chi connectivity index (χ3n) is 5.12. The first kappa shape index (κ1) is 17.5. The first-order chi connectivity index (χ1) is 12.7. The predicted molar refractivity (Wildman–Crippen MR) is 98.4 cm³/mol. The second-order valence-electron chi connectivity index (χ2n) is 7.12. The maximum Gasteiger partial charge on any atom is 0.317 e. The Balaban J connectivity index is 1.27. The van der Waals surface area contributed by atoms with Gasteiger partial charge in [-0.1, -0.05) is 5.16 Å². The topological polar surface area (TPSA) is 84.2 Å². The minimum absolute atomic E-state index is 0.00348. The lowest BCUT2D eigenvalue weighted by atomic mass is 9.98. The van der Waals surface area contributed by atoms with Gasteiger partial charge in [0.2, 0.25) is 5.89 Å². The fourth-order valence-electron chi connectivity index (χ4n) is 3.75. The zero-order valence-electron chi connectivity index (χ0n) is 15.2. The summed E-state index contributed by atoms with van der Waals surface area (Å²) in [5.41, 5.74) is 1.29. The maximum absolute atomic E-state index is 12.5. The van der Waals surface area contributed by atoms with Crippen molar-refractivity contribution < 1.29 is 9.32 Å². The summed E-state index contributed by atoms with van der Waals surface area (Å²) in [6, 6.07) is -0.00348. The molecule has 1 aliphatic heterocycles. The van der Waals surface area contributed by atoms with Crippen LogP contribution in [0, 0.1) is 6.92 Å². The van der Waals surface area contributed by atoms with Gasteiger partial charge >= 0.3 is 6.03 Å². The van der Waals surface area contributed by atoms with Gasteiger partial charge in [-0.3, -0.25) is 0 Å². The number of amides is 2. The van der Waals surface area contributed by atoms with Crippen LogP contribution in [0.2, 0.25) is 0 Å². The standard InChI is InChI=1S/C18H25N5O2S/c1-12-20-17(22-25-12)13-5-4-10-23(11-13)18(24)19-9-8-16-21-14-6-2-3-7-15(14)26-16/h13H,2-11H2,1H3,(H,19,24)/t13-/m0/s1. The average Bonchev–Trinajstić information content (AvgIpc) is 3.27. The lowest BCUT2D eigenvalue weighted by Crippen LogP contribution is -2.45. The molecule has 2 aromatic rings. The molecule has 2 aromatic heterocycles. The Bertz CT molecular complexity index is 748. The first-order valence-corrected chi connectivity index (χ1v) is 10.3. The van der Waals surface area contributed by atoms with Crippen molar-refractivity contribution in [3.05, 3.63) is 27.3 Å². The first-order valence-electron chi connectivity index (χ1n) is 9.49. The quantitative estimate of drug-likeness (QED) is 0.888. The highest BCUT2D eigenvalue weighted by atomic mass is 32.1. The number of likely N-dealkylation sites (tertiary alicyclic amines) is 1. The van der Waals surface area contributed by atoms with Gasteiger partial charge in [0.25, 0.3) is 0 Å². The summed E-state index contributed by atoms with van der Waals surface area (Å²) in [4.78, 5) is 24.9. The van der Waals surface area contributed by atoms with Gasteiger partial charge < -0.3 is 14.7 Å². The van der Waals surface area contributed by atoms with Gasteiger partial charge in [0.1, 0.15) is 0 Å². The van der Waals surface area contributed by atoms with Crippen molar-refractivity contribution in [1.29, 1.82) is 0 Å². The largest absolute Gasteiger partial charge is 0.340 e. The van der Waals surface area contributed by atoms with Crippen LogP contribution in [0.15, 0.2) is 4.52 Å². The van der Waals surface area contributed by atoms with Crippen molar-refractivity contribution in [2.45, 2.75) is 57.8 Å². The molecule has 1 fully saturated rings. The smallest absolute Gasteiger partial charge is 0.317 e. The molecule has 0 radical (unpaired) electrons. The third-order valence-corrected chi connectivity index (χ3v) is 6.34. The Labute approximate surface area is 157 Å². The minimum Gasteiger partial charge on any atom is -0.340 e. The Morgan fingerprint density at radius 1 is 1.31 bits per heavy atom. The summed E-state index contributed by atoms with van der Waals surface area (Å²) in [6.45, 7) is 3.86. The van der Waals surface area contributed by atoms with Crippen LogP contribution in [0.25, 0.3) is 0 Å². The number of nitrogens with zero attached hydrogens (tertiary/aromatic N) is 4. The van der Waals surface area contributed by atoms with Crippen molar-refractivity contribution in [2.75, 3.05) is 19.6 Å². The summed E-state index contributed by atoms with van der Waals surface area (Å²) in [7, 11) is 0. The molecule has 4 rings (SSSR count). The van der Waals surface area contributed by atoms with Gasteiger partial charge in [0.05, 0.1) is 10.7 Å². The van der Waals surface area contributed by atoms with Crippen LogP contribution in [0.4, 0.5) is 4.79 Å². The Hall–Kier alpha value is -1.96. The van der Waals surface area contributed by atoms with Crippen molar-refractivity contribution in [2.24, 2.45) is 0 Å². The summed E-state index contributed by atoms with van der Waals surface area (Å²) >= 11 is 1.82. The number of hydrogen-bond acceptors (Lipinski definition) is 6. The second-order valence-corrected chi connectivity index (χ2v) is 8.29. The molecule has 1 saturated heterocycles. The van der Waals surface area contributed by atoms with E-state index in [0.717, 1.165) is 37.2 Å². The number of fused-ring (bicyclic) bond motifs is 1. The normalized spacial score (nSPS) is 20.0. The fraction of sp³-hybridized carbons (Fsp3) is 0.667. The average molecular weight is 375 g/mol. The van der Waals surface area contributed by atoms with E-state index in [1.165, 1.54) is 29.8 Å². The van der Waals surface area contributed by atoms with Crippen LogP contribution in [-0.2, 0) is 19.3 Å². The molecule has 7 nitrogen and oxygen atoms in total. The number of thiazole rings is 1. The number of carbonyl (C=O) groups excluding carboxylic acids is 1.